The predicted molar refractivity (Wildman–Crippen MR) is 84.6 cm³/mol. The standard InChI is InChI=1S/C14H21N5O3/c1-4-15-14(17-10-13(20)18(2)3)16-9-11-5-7-12(8-6-11)19(21)22/h5-8H,4,9-10H2,1-3H3,(H2,15,16,17). The van der Waals surface area contributed by atoms with Gasteiger partial charge in [-0.15, -0.1) is 0 Å². The minimum Gasteiger partial charge on any atom is -0.357 e. The number of hydrogen-bond acceptors (Lipinski definition) is 4. The first-order valence-corrected chi connectivity index (χ1v) is 6.89. The van der Waals surface area contributed by atoms with Crippen molar-refractivity contribution in [1.29, 1.82) is 0 Å². The second-order valence-corrected chi connectivity index (χ2v) is 4.76. The van der Waals surface area contributed by atoms with Gasteiger partial charge < -0.3 is 15.5 Å². The van der Waals surface area contributed by atoms with E-state index < -0.39 is 4.92 Å². The summed E-state index contributed by atoms with van der Waals surface area (Å²) in [7, 11) is 3.37. The number of non-ortho nitro benzene ring substituents is 1. The summed E-state index contributed by atoms with van der Waals surface area (Å²) in [4.78, 5) is 27.5. The molecule has 1 aromatic rings. The van der Waals surface area contributed by atoms with E-state index in [2.05, 4.69) is 15.6 Å². The topological polar surface area (TPSA) is 99.9 Å². The number of nitro benzene ring substituents is 1. The molecule has 0 spiro atoms. The number of hydrogen-bond donors (Lipinski definition) is 2. The number of carbonyl (C=O) groups is 1. The van der Waals surface area contributed by atoms with E-state index in [1.165, 1.54) is 17.0 Å². The monoisotopic (exact) mass is 307 g/mol. The number of likely N-dealkylation sites (N-methyl/N-ethyl adjacent to an activating group) is 1. The number of nitrogens with zero attached hydrogens (tertiary/aromatic N) is 3. The number of amides is 1. The lowest BCUT2D eigenvalue weighted by atomic mass is 10.2. The van der Waals surface area contributed by atoms with Gasteiger partial charge in [0.15, 0.2) is 5.96 Å². The number of guanidine groups is 1. The van der Waals surface area contributed by atoms with E-state index in [-0.39, 0.29) is 18.1 Å². The molecular formula is C14H21N5O3. The fraction of sp³-hybridized carbons (Fsp3) is 0.429. The molecule has 0 aliphatic carbocycles. The first-order chi connectivity index (χ1) is 10.4. The number of nitro groups is 1. The number of benzene rings is 1. The fourth-order valence-corrected chi connectivity index (χ4v) is 1.55. The van der Waals surface area contributed by atoms with Gasteiger partial charge >= 0.3 is 0 Å². The van der Waals surface area contributed by atoms with Gasteiger partial charge in [-0.3, -0.25) is 14.9 Å². The molecule has 0 saturated heterocycles. The molecule has 1 aromatic carbocycles. The van der Waals surface area contributed by atoms with Crippen molar-refractivity contribution >= 4 is 17.6 Å². The third-order valence-electron chi connectivity index (χ3n) is 2.82. The Morgan fingerprint density at radius 3 is 2.41 bits per heavy atom. The van der Waals surface area contributed by atoms with Gasteiger partial charge in [0.05, 0.1) is 18.0 Å². The lowest BCUT2D eigenvalue weighted by Gasteiger charge is -2.14. The van der Waals surface area contributed by atoms with Crippen LogP contribution >= 0.6 is 0 Å². The molecule has 0 radical (unpaired) electrons. The number of aliphatic imine (C=N–C) groups is 1. The molecule has 0 fully saturated rings. The van der Waals surface area contributed by atoms with E-state index in [4.69, 9.17) is 0 Å². The van der Waals surface area contributed by atoms with Crippen molar-refractivity contribution in [3.05, 3.63) is 39.9 Å². The third-order valence-corrected chi connectivity index (χ3v) is 2.82. The Balaban J connectivity index is 2.64. The summed E-state index contributed by atoms with van der Waals surface area (Å²) in [5.74, 6) is 0.469. The van der Waals surface area contributed by atoms with E-state index in [1.54, 1.807) is 26.2 Å². The van der Waals surface area contributed by atoms with Crippen molar-refractivity contribution in [3.63, 3.8) is 0 Å². The molecule has 0 atom stereocenters. The van der Waals surface area contributed by atoms with Crippen molar-refractivity contribution < 1.29 is 9.72 Å². The summed E-state index contributed by atoms with van der Waals surface area (Å²) >= 11 is 0. The molecule has 0 bridgehead atoms. The van der Waals surface area contributed by atoms with E-state index in [1.807, 2.05) is 6.92 Å². The Labute approximate surface area is 129 Å². The summed E-state index contributed by atoms with van der Waals surface area (Å²) in [5, 5.41) is 16.6. The highest BCUT2D eigenvalue weighted by Crippen LogP contribution is 2.12. The Bertz CT molecular complexity index is 540. The van der Waals surface area contributed by atoms with Crippen molar-refractivity contribution in [3.8, 4) is 0 Å². The highest BCUT2D eigenvalue weighted by molar-refractivity contribution is 5.86. The highest BCUT2D eigenvalue weighted by Gasteiger charge is 2.06. The first-order valence-electron chi connectivity index (χ1n) is 6.89. The van der Waals surface area contributed by atoms with Gasteiger partial charge in [0, 0.05) is 32.8 Å². The molecule has 0 unspecified atom stereocenters. The zero-order chi connectivity index (χ0) is 16.5. The molecule has 0 heterocycles. The van der Waals surface area contributed by atoms with Gasteiger partial charge in [-0.2, -0.15) is 0 Å². The summed E-state index contributed by atoms with van der Waals surface area (Å²) in [6, 6.07) is 6.22. The maximum atomic E-state index is 11.5. The Morgan fingerprint density at radius 1 is 1.27 bits per heavy atom. The van der Waals surface area contributed by atoms with Crippen LogP contribution in [0, 0.1) is 10.1 Å². The summed E-state index contributed by atoms with van der Waals surface area (Å²) in [6.45, 7) is 3.11. The lowest BCUT2D eigenvalue weighted by Crippen LogP contribution is -2.42. The molecule has 0 saturated carbocycles. The van der Waals surface area contributed by atoms with Crippen molar-refractivity contribution in [2.75, 3.05) is 27.2 Å². The van der Waals surface area contributed by atoms with Crippen LogP contribution in [-0.4, -0.2) is 48.9 Å². The van der Waals surface area contributed by atoms with Crippen LogP contribution in [0.25, 0.3) is 0 Å². The molecule has 8 nitrogen and oxygen atoms in total. The molecule has 8 heteroatoms. The van der Waals surface area contributed by atoms with E-state index in [9.17, 15) is 14.9 Å². The zero-order valence-corrected chi connectivity index (χ0v) is 13.0. The number of rotatable bonds is 6. The van der Waals surface area contributed by atoms with Crippen molar-refractivity contribution in [2.45, 2.75) is 13.5 Å². The van der Waals surface area contributed by atoms with Crippen LogP contribution in [-0.2, 0) is 11.3 Å². The molecule has 0 aromatic heterocycles. The van der Waals surface area contributed by atoms with Crippen LogP contribution in [0.4, 0.5) is 5.69 Å². The molecular weight excluding hydrogens is 286 g/mol. The summed E-state index contributed by atoms with van der Waals surface area (Å²) in [6.07, 6.45) is 0. The normalized spacial score (nSPS) is 11.0. The van der Waals surface area contributed by atoms with E-state index >= 15 is 0 Å². The highest BCUT2D eigenvalue weighted by atomic mass is 16.6. The van der Waals surface area contributed by atoms with E-state index in [0.717, 1.165) is 5.56 Å². The molecule has 0 aliphatic rings. The van der Waals surface area contributed by atoms with Gasteiger partial charge in [0.2, 0.25) is 5.91 Å². The van der Waals surface area contributed by atoms with Crippen molar-refractivity contribution in [1.82, 2.24) is 15.5 Å². The molecule has 2 N–H and O–H groups in total. The van der Waals surface area contributed by atoms with E-state index in [0.29, 0.717) is 19.0 Å². The maximum absolute atomic E-state index is 11.5. The second kappa shape index (κ2) is 8.60. The molecule has 0 aliphatic heterocycles. The van der Waals surface area contributed by atoms with Gasteiger partial charge in [-0.1, -0.05) is 12.1 Å². The summed E-state index contributed by atoms with van der Waals surface area (Å²) < 4.78 is 0. The predicted octanol–water partition coefficient (Wildman–Crippen LogP) is 0.738. The average molecular weight is 307 g/mol. The SMILES string of the molecule is CCNC(=NCc1ccc([N+](=O)[O-])cc1)NCC(=O)N(C)C. The smallest absolute Gasteiger partial charge is 0.269 e. The third kappa shape index (κ3) is 5.78. The Morgan fingerprint density at radius 2 is 1.91 bits per heavy atom. The number of nitrogens with one attached hydrogen (secondary N) is 2. The molecule has 1 amide bonds. The molecule has 22 heavy (non-hydrogen) atoms. The van der Waals surface area contributed by atoms with Crippen LogP contribution in [0.1, 0.15) is 12.5 Å². The Hall–Kier alpha value is -2.64. The quantitative estimate of drug-likeness (QED) is 0.349. The van der Waals surface area contributed by atoms with Crippen molar-refractivity contribution in [2.24, 2.45) is 4.99 Å². The van der Waals surface area contributed by atoms with Gasteiger partial charge in [-0.25, -0.2) is 4.99 Å². The van der Waals surface area contributed by atoms with Crippen LogP contribution < -0.4 is 10.6 Å². The minimum absolute atomic E-state index is 0.0503. The Kier molecular flexibility index (Phi) is 6.81. The second-order valence-electron chi connectivity index (χ2n) is 4.76. The van der Waals surface area contributed by atoms with Gasteiger partial charge in [0.25, 0.3) is 5.69 Å². The largest absolute Gasteiger partial charge is 0.357 e. The van der Waals surface area contributed by atoms with Crippen LogP contribution in [0.2, 0.25) is 0 Å². The maximum Gasteiger partial charge on any atom is 0.269 e. The van der Waals surface area contributed by atoms with Gasteiger partial charge in [0.1, 0.15) is 0 Å². The lowest BCUT2D eigenvalue weighted by molar-refractivity contribution is -0.384. The van der Waals surface area contributed by atoms with Crippen LogP contribution in [0.5, 0.6) is 0 Å². The first kappa shape index (κ1) is 17.4. The zero-order valence-electron chi connectivity index (χ0n) is 13.0. The average Bonchev–Trinajstić information content (AvgIpc) is 2.49. The van der Waals surface area contributed by atoms with Crippen LogP contribution in [0.3, 0.4) is 0 Å². The minimum atomic E-state index is -0.439. The molecule has 1 rings (SSSR count). The summed E-state index contributed by atoms with van der Waals surface area (Å²) in [5.41, 5.74) is 0.899. The van der Waals surface area contributed by atoms with Gasteiger partial charge in [-0.05, 0) is 12.5 Å². The van der Waals surface area contributed by atoms with Crippen LogP contribution in [0.15, 0.2) is 29.3 Å². The molecule has 120 valence electrons. The fourth-order valence-electron chi connectivity index (χ4n) is 1.55. The number of carbonyl (C=O) groups excluding carboxylic acids is 1.